The maximum absolute atomic E-state index is 11.9. The van der Waals surface area contributed by atoms with Crippen molar-refractivity contribution < 1.29 is 9.00 Å². The molecule has 0 atom stereocenters. The zero-order valence-corrected chi connectivity index (χ0v) is 11.6. The Morgan fingerprint density at radius 1 is 1.41 bits per heavy atom. The molecule has 0 radical (unpaired) electrons. The van der Waals surface area contributed by atoms with Gasteiger partial charge >= 0.3 is 0 Å². The Hall–Kier alpha value is -0.750. The number of hydrogen-bond acceptors (Lipinski definition) is 3. The molecule has 2 heterocycles. The monoisotopic (exact) mass is 316 g/mol. The molecular weight excluding hydrogens is 304 g/mol. The van der Waals surface area contributed by atoms with Crippen molar-refractivity contribution in [2.75, 3.05) is 11.5 Å². The molecule has 4 nitrogen and oxygen atoms in total. The summed E-state index contributed by atoms with van der Waals surface area (Å²) in [5, 5.41) is 2.95. The SMILES string of the molecule is O=C(NC1CCS(=O)CC1)c1ccc(Br)nc1. The lowest BCUT2D eigenvalue weighted by Gasteiger charge is -2.22. The Bertz CT molecular complexity index is 426. The van der Waals surface area contributed by atoms with Crippen LogP contribution in [0.25, 0.3) is 0 Å². The van der Waals surface area contributed by atoms with Gasteiger partial charge in [0.25, 0.3) is 5.91 Å². The van der Waals surface area contributed by atoms with E-state index in [-0.39, 0.29) is 11.9 Å². The van der Waals surface area contributed by atoms with E-state index in [0.717, 1.165) is 12.8 Å². The summed E-state index contributed by atoms with van der Waals surface area (Å²) in [6, 6.07) is 3.61. The summed E-state index contributed by atoms with van der Waals surface area (Å²) in [5.74, 6) is 1.26. The maximum atomic E-state index is 11.9. The summed E-state index contributed by atoms with van der Waals surface area (Å²) in [6.45, 7) is 0. The number of halogens is 1. The standard InChI is InChI=1S/C11H13BrN2O2S/c12-10-2-1-8(7-13-10)11(15)14-9-3-5-17(16)6-4-9/h1-2,7,9H,3-6H2,(H,14,15). The van der Waals surface area contributed by atoms with Crippen LogP contribution in [0.1, 0.15) is 23.2 Å². The number of pyridine rings is 1. The molecule has 17 heavy (non-hydrogen) atoms. The van der Waals surface area contributed by atoms with Crippen LogP contribution in [0.4, 0.5) is 0 Å². The van der Waals surface area contributed by atoms with E-state index >= 15 is 0 Å². The number of amides is 1. The van der Waals surface area contributed by atoms with Gasteiger partial charge in [-0.05, 0) is 40.9 Å². The molecule has 1 aromatic rings. The smallest absolute Gasteiger partial charge is 0.253 e. The Balaban J connectivity index is 1.93. The van der Waals surface area contributed by atoms with E-state index in [1.165, 1.54) is 0 Å². The van der Waals surface area contributed by atoms with Crippen LogP contribution in [-0.2, 0) is 10.8 Å². The molecule has 6 heteroatoms. The molecule has 0 bridgehead atoms. The van der Waals surface area contributed by atoms with Crippen LogP contribution in [0.3, 0.4) is 0 Å². The van der Waals surface area contributed by atoms with Crippen molar-refractivity contribution in [3.8, 4) is 0 Å². The molecule has 92 valence electrons. The first kappa shape index (κ1) is 12.7. The highest BCUT2D eigenvalue weighted by Crippen LogP contribution is 2.11. The van der Waals surface area contributed by atoms with Crippen molar-refractivity contribution in [2.24, 2.45) is 0 Å². The third-order valence-electron chi connectivity index (χ3n) is 2.71. The minimum absolute atomic E-state index is 0.109. The van der Waals surface area contributed by atoms with E-state index in [0.29, 0.717) is 21.7 Å². The minimum Gasteiger partial charge on any atom is -0.349 e. The van der Waals surface area contributed by atoms with E-state index in [2.05, 4.69) is 26.2 Å². The van der Waals surface area contributed by atoms with Crippen molar-refractivity contribution in [3.05, 3.63) is 28.5 Å². The average Bonchev–Trinajstić information content (AvgIpc) is 2.33. The van der Waals surface area contributed by atoms with Gasteiger partial charge < -0.3 is 5.32 Å². The molecule has 0 saturated carbocycles. The van der Waals surface area contributed by atoms with Crippen LogP contribution in [-0.4, -0.2) is 32.6 Å². The number of carbonyl (C=O) groups excluding carboxylic acids is 1. The molecule has 0 spiro atoms. The van der Waals surface area contributed by atoms with Crippen molar-refractivity contribution >= 4 is 32.6 Å². The van der Waals surface area contributed by atoms with Crippen molar-refractivity contribution in [2.45, 2.75) is 18.9 Å². The molecule has 1 fully saturated rings. The second-order valence-electron chi connectivity index (χ2n) is 3.97. The number of hydrogen-bond donors (Lipinski definition) is 1. The van der Waals surface area contributed by atoms with Gasteiger partial charge in [0.15, 0.2) is 0 Å². The van der Waals surface area contributed by atoms with Crippen LogP contribution in [0.15, 0.2) is 22.9 Å². The van der Waals surface area contributed by atoms with E-state index in [9.17, 15) is 9.00 Å². The van der Waals surface area contributed by atoms with Crippen LogP contribution in [0.5, 0.6) is 0 Å². The number of nitrogens with zero attached hydrogens (tertiary/aromatic N) is 1. The number of aromatic nitrogens is 1. The zero-order chi connectivity index (χ0) is 12.3. The number of rotatable bonds is 2. The second-order valence-corrected chi connectivity index (χ2v) is 6.47. The first-order valence-corrected chi connectivity index (χ1v) is 7.70. The van der Waals surface area contributed by atoms with Crippen LogP contribution in [0, 0.1) is 0 Å². The third kappa shape index (κ3) is 3.61. The quantitative estimate of drug-likeness (QED) is 0.841. The van der Waals surface area contributed by atoms with Crippen molar-refractivity contribution in [1.82, 2.24) is 10.3 Å². The van der Waals surface area contributed by atoms with Crippen LogP contribution in [0.2, 0.25) is 0 Å². The highest BCUT2D eigenvalue weighted by Gasteiger charge is 2.20. The van der Waals surface area contributed by atoms with Gasteiger partial charge in [0.2, 0.25) is 0 Å². The largest absolute Gasteiger partial charge is 0.349 e. The van der Waals surface area contributed by atoms with E-state index in [1.54, 1.807) is 18.3 Å². The number of nitrogens with one attached hydrogen (secondary N) is 1. The summed E-state index contributed by atoms with van der Waals surface area (Å²) in [7, 11) is -0.693. The minimum atomic E-state index is -0.693. The molecule has 1 aliphatic rings. The van der Waals surface area contributed by atoms with Gasteiger partial charge in [0.05, 0.1) is 5.56 Å². The predicted octanol–water partition coefficient (Wildman–Crippen LogP) is 1.48. The summed E-state index contributed by atoms with van der Waals surface area (Å²) in [4.78, 5) is 15.9. The van der Waals surface area contributed by atoms with E-state index in [1.807, 2.05) is 0 Å². The normalized spacial score (nSPS) is 24.3. The molecule has 1 amide bonds. The highest BCUT2D eigenvalue weighted by molar-refractivity contribution is 9.10. The van der Waals surface area contributed by atoms with Gasteiger partial charge in [-0.3, -0.25) is 9.00 Å². The van der Waals surface area contributed by atoms with Gasteiger partial charge in [0, 0.05) is 34.5 Å². The molecule has 2 rings (SSSR count). The molecule has 0 aromatic carbocycles. The first-order chi connectivity index (χ1) is 8.15. The van der Waals surface area contributed by atoms with Crippen LogP contribution < -0.4 is 5.32 Å². The molecule has 1 aromatic heterocycles. The lowest BCUT2D eigenvalue weighted by Crippen LogP contribution is -2.39. The summed E-state index contributed by atoms with van der Waals surface area (Å²) >= 11 is 3.22. The molecule has 1 aliphatic heterocycles. The highest BCUT2D eigenvalue weighted by atomic mass is 79.9. The number of carbonyl (C=O) groups is 1. The van der Waals surface area contributed by atoms with Crippen molar-refractivity contribution in [3.63, 3.8) is 0 Å². The first-order valence-electron chi connectivity index (χ1n) is 5.42. The van der Waals surface area contributed by atoms with Crippen molar-refractivity contribution in [1.29, 1.82) is 0 Å². The van der Waals surface area contributed by atoms with Gasteiger partial charge in [0.1, 0.15) is 4.60 Å². The molecular formula is C11H13BrN2O2S. The van der Waals surface area contributed by atoms with E-state index in [4.69, 9.17) is 0 Å². The Morgan fingerprint density at radius 3 is 2.71 bits per heavy atom. The lowest BCUT2D eigenvalue weighted by molar-refractivity contribution is 0.0934. The molecule has 0 aliphatic carbocycles. The summed E-state index contributed by atoms with van der Waals surface area (Å²) in [5.41, 5.74) is 0.555. The Morgan fingerprint density at radius 2 is 2.12 bits per heavy atom. The topological polar surface area (TPSA) is 59.1 Å². The van der Waals surface area contributed by atoms with Gasteiger partial charge in [-0.2, -0.15) is 0 Å². The Labute approximate surface area is 111 Å². The van der Waals surface area contributed by atoms with E-state index < -0.39 is 10.8 Å². The average molecular weight is 317 g/mol. The van der Waals surface area contributed by atoms with Gasteiger partial charge in [-0.1, -0.05) is 0 Å². The lowest BCUT2D eigenvalue weighted by atomic mass is 10.1. The maximum Gasteiger partial charge on any atom is 0.253 e. The fourth-order valence-corrected chi connectivity index (χ4v) is 3.25. The fourth-order valence-electron chi connectivity index (χ4n) is 1.72. The molecule has 1 N–H and O–H groups in total. The zero-order valence-electron chi connectivity index (χ0n) is 9.19. The molecule has 1 saturated heterocycles. The summed E-state index contributed by atoms with van der Waals surface area (Å²) < 4.78 is 11.9. The van der Waals surface area contributed by atoms with Gasteiger partial charge in [-0.15, -0.1) is 0 Å². The van der Waals surface area contributed by atoms with Gasteiger partial charge in [-0.25, -0.2) is 4.98 Å². The second kappa shape index (κ2) is 5.73. The summed E-state index contributed by atoms with van der Waals surface area (Å²) in [6.07, 6.45) is 3.13. The molecule has 0 unspecified atom stereocenters. The van der Waals surface area contributed by atoms with Crippen LogP contribution >= 0.6 is 15.9 Å². The third-order valence-corrected chi connectivity index (χ3v) is 4.56. The Kier molecular flexibility index (Phi) is 4.28. The fraction of sp³-hybridized carbons (Fsp3) is 0.455. The predicted molar refractivity (Wildman–Crippen MR) is 70.3 cm³/mol.